The van der Waals surface area contributed by atoms with Gasteiger partial charge >= 0.3 is 5.97 Å². The summed E-state index contributed by atoms with van der Waals surface area (Å²) in [6.45, 7) is 10.4. The number of nitrogens with two attached hydrogens (primary N) is 1. The van der Waals surface area contributed by atoms with Gasteiger partial charge in [-0.2, -0.15) is 0 Å². The summed E-state index contributed by atoms with van der Waals surface area (Å²) < 4.78 is 5.37. The monoisotopic (exact) mass is 228 g/mol. The van der Waals surface area contributed by atoms with Crippen molar-refractivity contribution < 1.29 is 9.53 Å². The summed E-state index contributed by atoms with van der Waals surface area (Å²) >= 11 is 0. The molecule has 0 aromatic heterocycles. The Bertz CT molecular complexity index is 269. The molecule has 0 saturated carbocycles. The molecular formula is C12H24N2O2. The lowest BCUT2D eigenvalue weighted by Crippen LogP contribution is -2.55. The molecule has 0 aromatic carbocycles. The van der Waals surface area contributed by atoms with Gasteiger partial charge in [-0.3, -0.25) is 10.6 Å². The number of hydrogen-bond donors (Lipinski definition) is 1. The van der Waals surface area contributed by atoms with Crippen molar-refractivity contribution in [2.75, 3.05) is 6.54 Å². The Morgan fingerprint density at radius 2 is 2.00 bits per heavy atom. The average Bonchev–Trinajstić information content (AvgIpc) is 2.06. The zero-order valence-electron chi connectivity index (χ0n) is 11.0. The van der Waals surface area contributed by atoms with Crippen LogP contribution in [-0.2, 0) is 9.53 Å². The van der Waals surface area contributed by atoms with E-state index in [0.29, 0.717) is 6.54 Å². The number of hydrazine groups is 1. The van der Waals surface area contributed by atoms with Crippen molar-refractivity contribution in [3.63, 3.8) is 0 Å². The molecule has 4 heteroatoms. The van der Waals surface area contributed by atoms with Gasteiger partial charge in [0.25, 0.3) is 0 Å². The van der Waals surface area contributed by atoms with E-state index in [0.717, 1.165) is 12.8 Å². The van der Waals surface area contributed by atoms with E-state index in [4.69, 9.17) is 10.6 Å². The molecule has 1 aliphatic rings. The molecule has 1 atom stereocenters. The second kappa shape index (κ2) is 4.34. The second-order valence-corrected chi connectivity index (χ2v) is 6.23. The third kappa shape index (κ3) is 3.46. The van der Waals surface area contributed by atoms with Gasteiger partial charge in [-0.05, 0) is 47.5 Å². The number of ether oxygens (including phenoxy) is 1. The van der Waals surface area contributed by atoms with Crippen molar-refractivity contribution in [1.29, 1.82) is 0 Å². The molecule has 1 aliphatic heterocycles. The minimum absolute atomic E-state index is 0.0154. The minimum atomic E-state index is -0.413. The highest BCUT2D eigenvalue weighted by Crippen LogP contribution is 2.29. The molecule has 0 aromatic rings. The maximum atomic E-state index is 11.9. The van der Waals surface area contributed by atoms with Crippen LogP contribution < -0.4 is 5.84 Å². The topological polar surface area (TPSA) is 55.6 Å². The third-order valence-electron chi connectivity index (χ3n) is 3.04. The quantitative estimate of drug-likeness (QED) is 0.548. The highest BCUT2D eigenvalue weighted by atomic mass is 16.6. The van der Waals surface area contributed by atoms with Crippen LogP contribution in [0.15, 0.2) is 0 Å². The van der Waals surface area contributed by atoms with Crippen LogP contribution in [0.3, 0.4) is 0 Å². The highest BCUT2D eigenvalue weighted by Gasteiger charge is 2.37. The first-order valence-electron chi connectivity index (χ1n) is 5.87. The number of esters is 1. The van der Waals surface area contributed by atoms with Gasteiger partial charge in [-0.1, -0.05) is 0 Å². The van der Waals surface area contributed by atoms with Crippen molar-refractivity contribution in [2.45, 2.75) is 58.6 Å². The van der Waals surface area contributed by atoms with Crippen LogP contribution in [-0.4, -0.2) is 28.7 Å². The summed E-state index contributed by atoms with van der Waals surface area (Å²) in [5.74, 6) is 5.72. The Morgan fingerprint density at radius 3 is 2.44 bits per heavy atom. The number of hydrogen-bond acceptors (Lipinski definition) is 4. The van der Waals surface area contributed by atoms with Gasteiger partial charge in [0.1, 0.15) is 5.60 Å². The van der Waals surface area contributed by atoms with Gasteiger partial charge in [-0.25, -0.2) is 5.01 Å². The summed E-state index contributed by atoms with van der Waals surface area (Å²) in [5, 5.41) is 1.76. The molecular weight excluding hydrogens is 204 g/mol. The van der Waals surface area contributed by atoms with Gasteiger partial charge in [0.15, 0.2) is 0 Å². The molecule has 94 valence electrons. The van der Waals surface area contributed by atoms with Crippen LogP contribution in [0.5, 0.6) is 0 Å². The van der Waals surface area contributed by atoms with E-state index >= 15 is 0 Å². The maximum absolute atomic E-state index is 11.9. The number of rotatable bonds is 1. The minimum Gasteiger partial charge on any atom is -0.460 e. The van der Waals surface area contributed by atoms with Gasteiger partial charge in [0, 0.05) is 12.1 Å². The predicted molar refractivity (Wildman–Crippen MR) is 63.5 cm³/mol. The Balaban J connectivity index is 2.55. The number of piperidine rings is 1. The first kappa shape index (κ1) is 13.5. The van der Waals surface area contributed by atoms with Gasteiger partial charge < -0.3 is 4.74 Å². The van der Waals surface area contributed by atoms with Crippen LogP contribution in [0.1, 0.15) is 47.5 Å². The molecule has 0 amide bonds. The lowest BCUT2D eigenvalue weighted by molar-refractivity contribution is -0.163. The first-order chi connectivity index (χ1) is 7.12. The molecule has 1 saturated heterocycles. The van der Waals surface area contributed by atoms with Crippen molar-refractivity contribution in [3.8, 4) is 0 Å². The van der Waals surface area contributed by atoms with Crippen LogP contribution in [0.25, 0.3) is 0 Å². The molecule has 0 radical (unpaired) electrons. The van der Waals surface area contributed by atoms with Crippen LogP contribution in [0.2, 0.25) is 0 Å². The summed E-state index contributed by atoms with van der Waals surface area (Å²) in [7, 11) is 0. The lowest BCUT2D eigenvalue weighted by Gasteiger charge is -2.42. The molecule has 0 aliphatic carbocycles. The third-order valence-corrected chi connectivity index (χ3v) is 3.04. The first-order valence-corrected chi connectivity index (χ1v) is 5.87. The SMILES string of the molecule is CC(C)(C)OC(=O)C1CCC(C)(C)N(N)C1. The van der Waals surface area contributed by atoms with Crippen molar-refractivity contribution in [2.24, 2.45) is 11.8 Å². The van der Waals surface area contributed by atoms with E-state index in [-0.39, 0.29) is 17.4 Å². The lowest BCUT2D eigenvalue weighted by atomic mass is 9.86. The highest BCUT2D eigenvalue weighted by molar-refractivity contribution is 5.73. The summed E-state index contributed by atoms with van der Waals surface area (Å²) in [6, 6.07) is 0. The Labute approximate surface area is 98.1 Å². The maximum Gasteiger partial charge on any atom is 0.310 e. The Kier molecular flexibility index (Phi) is 3.65. The largest absolute Gasteiger partial charge is 0.460 e. The number of nitrogens with zero attached hydrogens (tertiary/aromatic N) is 1. The standard InChI is InChI=1S/C12H24N2O2/c1-11(2,3)16-10(15)9-6-7-12(4,5)14(13)8-9/h9H,6-8,13H2,1-5H3. The summed E-state index contributed by atoms with van der Waals surface area (Å²) in [4.78, 5) is 11.9. The van der Waals surface area contributed by atoms with Crippen LogP contribution in [0, 0.1) is 5.92 Å². The molecule has 0 spiro atoms. The van der Waals surface area contributed by atoms with E-state index in [1.54, 1.807) is 5.01 Å². The van der Waals surface area contributed by atoms with Crippen molar-refractivity contribution in [3.05, 3.63) is 0 Å². The predicted octanol–water partition coefficient (Wildman–Crippen LogP) is 1.69. The normalized spacial score (nSPS) is 26.5. The zero-order chi connectivity index (χ0) is 12.6. The Morgan fingerprint density at radius 1 is 1.44 bits per heavy atom. The average molecular weight is 228 g/mol. The van der Waals surface area contributed by atoms with Crippen molar-refractivity contribution in [1.82, 2.24) is 5.01 Å². The molecule has 1 fully saturated rings. The molecule has 1 heterocycles. The van der Waals surface area contributed by atoms with E-state index in [1.165, 1.54) is 0 Å². The van der Waals surface area contributed by atoms with E-state index < -0.39 is 5.60 Å². The summed E-state index contributed by atoms with van der Waals surface area (Å²) in [6.07, 6.45) is 1.78. The Hall–Kier alpha value is -0.610. The van der Waals surface area contributed by atoms with E-state index in [2.05, 4.69) is 13.8 Å². The zero-order valence-corrected chi connectivity index (χ0v) is 11.0. The number of carbonyl (C=O) groups is 1. The molecule has 16 heavy (non-hydrogen) atoms. The molecule has 1 rings (SSSR count). The van der Waals surface area contributed by atoms with Gasteiger partial charge in [0.05, 0.1) is 5.92 Å². The van der Waals surface area contributed by atoms with Crippen LogP contribution >= 0.6 is 0 Å². The fraction of sp³-hybridized carbons (Fsp3) is 0.917. The van der Waals surface area contributed by atoms with E-state index in [1.807, 2.05) is 20.8 Å². The van der Waals surface area contributed by atoms with Crippen molar-refractivity contribution >= 4 is 5.97 Å². The van der Waals surface area contributed by atoms with Crippen LogP contribution in [0.4, 0.5) is 0 Å². The molecule has 2 N–H and O–H groups in total. The fourth-order valence-electron chi connectivity index (χ4n) is 1.82. The smallest absolute Gasteiger partial charge is 0.310 e. The van der Waals surface area contributed by atoms with Gasteiger partial charge in [-0.15, -0.1) is 0 Å². The molecule has 1 unspecified atom stereocenters. The number of carbonyl (C=O) groups excluding carboxylic acids is 1. The fourth-order valence-corrected chi connectivity index (χ4v) is 1.82. The van der Waals surface area contributed by atoms with Gasteiger partial charge in [0.2, 0.25) is 0 Å². The second-order valence-electron chi connectivity index (χ2n) is 6.23. The molecule has 4 nitrogen and oxygen atoms in total. The summed E-state index contributed by atoms with van der Waals surface area (Å²) in [5.41, 5.74) is -0.429. The molecule has 0 bridgehead atoms. The van der Waals surface area contributed by atoms with E-state index in [9.17, 15) is 4.79 Å².